The Kier molecular flexibility index (Phi) is 10.1. The molecular formula is C68H48N2O. The number of furan rings is 1. The summed E-state index contributed by atoms with van der Waals surface area (Å²) >= 11 is 0. The van der Waals surface area contributed by atoms with Crippen LogP contribution in [0.3, 0.4) is 0 Å². The molecule has 0 N–H and O–H groups in total. The van der Waals surface area contributed by atoms with Gasteiger partial charge in [0.15, 0.2) is 0 Å². The van der Waals surface area contributed by atoms with Gasteiger partial charge in [-0.05, 0) is 124 Å². The molecule has 1 atom stereocenters. The first-order valence-electron chi connectivity index (χ1n) is 24.4. The van der Waals surface area contributed by atoms with Gasteiger partial charge in [0.05, 0.1) is 16.4 Å². The third-order valence-electron chi connectivity index (χ3n) is 14.6. The molecule has 13 rings (SSSR count). The summed E-state index contributed by atoms with van der Waals surface area (Å²) < 4.78 is 8.96. The second kappa shape index (κ2) is 17.1. The maximum Gasteiger partial charge on any atom is 0.143 e. The van der Waals surface area contributed by atoms with Gasteiger partial charge in [-0.25, -0.2) is 0 Å². The third-order valence-corrected chi connectivity index (χ3v) is 14.6. The van der Waals surface area contributed by atoms with Crippen LogP contribution < -0.4 is 4.90 Å². The lowest BCUT2D eigenvalue weighted by Crippen LogP contribution is -2.29. The second-order valence-corrected chi connectivity index (χ2v) is 18.4. The number of hydrogen-bond acceptors (Lipinski definition) is 2. The van der Waals surface area contributed by atoms with Crippen molar-refractivity contribution in [3.8, 4) is 27.9 Å². The number of allylic oxidation sites excluding steroid dienone is 5. The van der Waals surface area contributed by atoms with Crippen LogP contribution >= 0.6 is 0 Å². The first-order chi connectivity index (χ1) is 35.1. The molecule has 1 aliphatic rings. The normalized spacial score (nSPS) is 14.5. The Balaban J connectivity index is 0.954. The molecule has 12 aromatic rings. The summed E-state index contributed by atoms with van der Waals surface area (Å²) in [5.41, 5.74) is 19.6. The third kappa shape index (κ3) is 6.65. The molecule has 1 aliphatic carbocycles. The predicted octanol–water partition coefficient (Wildman–Crippen LogP) is 18.4. The maximum absolute atomic E-state index is 6.58. The van der Waals surface area contributed by atoms with Crippen LogP contribution in [0.1, 0.15) is 29.2 Å². The molecule has 336 valence electrons. The molecule has 0 bridgehead atoms. The first kappa shape index (κ1) is 42.0. The minimum absolute atomic E-state index is 0.558. The van der Waals surface area contributed by atoms with Crippen LogP contribution in [-0.4, -0.2) is 4.57 Å². The molecule has 2 aromatic heterocycles. The summed E-state index contributed by atoms with van der Waals surface area (Å²) in [5.74, 6) is 0. The average molecular weight is 909 g/mol. The van der Waals surface area contributed by atoms with Crippen LogP contribution in [0, 0.1) is 0 Å². The molecule has 10 aromatic carbocycles. The number of hydrogen-bond donors (Lipinski definition) is 0. The van der Waals surface area contributed by atoms with Crippen LogP contribution in [0.5, 0.6) is 0 Å². The molecule has 71 heavy (non-hydrogen) atoms. The molecular weight excluding hydrogens is 861 g/mol. The Hall–Kier alpha value is -9.18. The Labute approximate surface area is 413 Å². The molecule has 3 nitrogen and oxygen atoms in total. The number of para-hydroxylation sites is 4. The number of anilines is 3. The molecule has 0 saturated carbocycles. The SMILES string of the molecule is C=CC1=C(/C=C\C)C(c2ccccc2)(c2ccc(N(c3ccc(-c4cccc(-n5c6ccccc6c6ccccc65)c4)cc3)c3cccc(-c4cccc5c4oc4ccccc45)c3)cc2)c2ccccc21. The van der Waals surface area contributed by atoms with Gasteiger partial charge >= 0.3 is 0 Å². The molecule has 3 heteroatoms. The van der Waals surface area contributed by atoms with E-state index in [0.717, 1.165) is 72.5 Å². The van der Waals surface area contributed by atoms with E-state index in [9.17, 15) is 0 Å². The van der Waals surface area contributed by atoms with E-state index in [4.69, 9.17) is 4.42 Å². The Morgan fingerprint density at radius 2 is 1.06 bits per heavy atom. The van der Waals surface area contributed by atoms with Crippen molar-refractivity contribution in [2.75, 3.05) is 4.90 Å². The Morgan fingerprint density at radius 1 is 0.465 bits per heavy atom. The summed E-state index contributed by atoms with van der Waals surface area (Å²) in [4.78, 5) is 2.38. The van der Waals surface area contributed by atoms with Gasteiger partial charge in [-0.1, -0.05) is 201 Å². The molecule has 0 spiro atoms. The summed E-state index contributed by atoms with van der Waals surface area (Å²) in [6, 6.07) is 87.9. The molecule has 0 aliphatic heterocycles. The van der Waals surface area contributed by atoms with Crippen LogP contribution in [0.25, 0.3) is 77.3 Å². The minimum atomic E-state index is -0.558. The highest BCUT2D eigenvalue weighted by Crippen LogP contribution is 2.55. The zero-order valence-corrected chi connectivity index (χ0v) is 39.3. The summed E-state index contributed by atoms with van der Waals surface area (Å²) in [6.07, 6.45) is 6.46. The Morgan fingerprint density at radius 3 is 1.80 bits per heavy atom. The van der Waals surface area contributed by atoms with Crippen molar-refractivity contribution in [1.82, 2.24) is 4.57 Å². The van der Waals surface area contributed by atoms with Gasteiger partial charge in [0, 0.05) is 49.9 Å². The fourth-order valence-corrected chi connectivity index (χ4v) is 11.5. The largest absolute Gasteiger partial charge is 0.455 e. The number of aromatic nitrogens is 1. The number of benzene rings is 10. The minimum Gasteiger partial charge on any atom is -0.455 e. The summed E-state index contributed by atoms with van der Waals surface area (Å²) in [7, 11) is 0. The summed E-state index contributed by atoms with van der Waals surface area (Å²) in [5, 5.41) is 4.74. The number of fused-ring (bicyclic) bond motifs is 7. The quantitative estimate of drug-likeness (QED) is 0.136. The van der Waals surface area contributed by atoms with Crippen LogP contribution in [-0.2, 0) is 5.41 Å². The fraction of sp³-hybridized carbons (Fsp3) is 0.0294. The van der Waals surface area contributed by atoms with E-state index in [-0.39, 0.29) is 0 Å². The molecule has 0 fully saturated rings. The van der Waals surface area contributed by atoms with Crippen molar-refractivity contribution in [3.05, 3.63) is 295 Å². The van der Waals surface area contributed by atoms with Crippen molar-refractivity contribution in [1.29, 1.82) is 0 Å². The molecule has 2 heterocycles. The lowest BCUT2D eigenvalue weighted by Gasteiger charge is -2.35. The van der Waals surface area contributed by atoms with Gasteiger partial charge in [0.2, 0.25) is 0 Å². The fourth-order valence-electron chi connectivity index (χ4n) is 11.5. The van der Waals surface area contributed by atoms with Crippen molar-refractivity contribution in [2.45, 2.75) is 12.3 Å². The summed E-state index contributed by atoms with van der Waals surface area (Å²) in [6.45, 7) is 6.45. The van der Waals surface area contributed by atoms with Gasteiger partial charge in [0.25, 0.3) is 0 Å². The van der Waals surface area contributed by atoms with Crippen LogP contribution in [0.2, 0.25) is 0 Å². The van der Waals surface area contributed by atoms with E-state index in [1.54, 1.807) is 0 Å². The van der Waals surface area contributed by atoms with Crippen LogP contribution in [0.15, 0.2) is 277 Å². The van der Waals surface area contributed by atoms with E-state index >= 15 is 0 Å². The van der Waals surface area contributed by atoms with E-state index in [2.05, 4.69) is 266 Å². The first-order valence-corrected chi connectivity index (χ1v) is 24.4. The van der Waals surface area contributed by atoms with Gasteiger partial charge in [-0.2, -0.15) is 0 Å². The average Bonchev–Trinajstić information content (AvgIpc) is 4.08. The smallest absolute Gasteiger partial charge is 0.143 e. The van der Waals surface area contributed by atoms with E-state index in [1.165, 1.54) is 49.6 Å². The van der Waals surface area contributed by atoms with Crippen molar-refractivity contribution >= 4 is 66.4 Å². The zero-order chi connectivity index (χ0) is 47.5. The predicted molar refractivity (Wildman–Crippen MR) is 298 cm³/mol. The van der Waals surface area contributed by atoms with Gasteiger partial charge in [-0.15, -0.1) is 0 Å². The Bertz CT molecular complexity index is 4020. The van der Waals surface area contributed by atoms with Crippen molar-refractivity contribution in [2.24, 2.45) is 0 Å². The van der Waals surface area contributed by atoms with Crippen LogP contribution in [0.4, 0.5) is 17.1 Å². The number of nitrogens with zero attached hydrogens (tertiary/aromatic N) is 2. The highest BCUT2D eigenvalue weighted by molar-refractivity contribution is 6.10. The number of rotatable bonds is 10. The highest BCUT2D eigenvalue weighted by atomic mass is 16.3. The van der Waals surface area contributed by atoms with Gasteiger partial charge in [0.1, 0.15) is 11.2 Å². The van der Waals surface area contributed by atoms with Gasteiger partial charge in [-0.3, -0.25) is 0 Å². The molecule has 0 radical (unpaired) electrons. The van der Waals surface area contributed by atoms with E-state index in [0.29, 0.717) is 0 Å². The topological polar surface area (TPSA) is 21.3 Å². The van der Waals surface area contributed by atoms with Gasteiger partial charge < -0.3 is 13.9 Å². The lowest BCUT2D eigenvalue weighted by molar-refractivity contribution is 0.670. The molecule has 0 saturated heterocycles. The van der Waals surface area contributed by atoms with Crippen molar-refractivity contribution in [3.63, 3.8) is 0 Å². The lowest BCUT2D eigenvalue weighted by atomic mass is 9.66. The monoisotopic (exact) mass is 908 g/mol. The molecule has 0 amide bonds. The highest BCUT2D eigenvalue weighted by Gasteiger charge is 2.46. The van der Waals surface area contributed by atoms with E-state index < -0.39 is 5.41 Å². The van der Waals surface area contributed by atoms with E-state index in [1.807, 2.05) is 18.2 Å². The second-order valence-electron chi connectivity index (χ2n) is 18.4. The van der Waals surface area contributed by atoms with Crippen molar-refractivity contribution < 1.29 is 4.42 Å². The standard InChI is InChI=1S/C68H48N2O/c1-3-19-62-55(4-2)57-26-8-12-32-63(57)68(62,49-22-6-5-7-23-49)50-38-42-52(43-39-50)69(53-24-17-21-48(45-53)56-30-18-31-61-60-29-11-15-35-66(60)71-67(56)61)51-40-36-46(37-41-51)47-20-16-25-54(44-47)70-64-33-13-9-27-58(64)59-28-10-14-34-65(59)70/h3-45H,2H2,1H3/b19-3-. The molecule has 1 unspecified atom stereocenters. The maximum atomic E-state index is 6.58. The zero-order valence-electron chi connectivity index (χ0n) is 39.3.